The largest absolute Gasteiger partial charge is 0.497 e. The van der Waals surface area contributed by atoms with Gasteiger partial charge in [-0.15, -0.1) is 0 Å². The summed E-state index contributed by atoms with van der Waals surface area (Å²) in [4.78, 5) is 10.8. The Morgan fingerprint density at radius 3 is 2.50 bits per heavy atom. The maximum absolute atomic E-state index is 10.8. The molecule has 0 spiro atoms. The Bertz CT molecular complexity index is 546. The molecule has 3 heteroatoms. The molecule has 2 aromatic carbocycles. The van der Waals surface area contributed by atoms with Crippen LogP contribution in [0.2, 0.25) is 0 Å². The average molecular weight is 269 g/mol. The molecule has 0 aliphatic rings. The molecule has 2 rings (SSSR count). The molecule has 0 fully saturated rings. The lowest BCUT2D eigenvalue weighted by Gasteiger charge is -2.07. The Morgan fingerprint density at radius 2 is 1.80 bits per heavy atom. The number of hydrogen-bond acceptors (Lipinski definition) is 3. The molecule has 3 nitrogen and oxygen atoms in total. The Kier molecular flexibility index (Phi) is 5.33. The minimum absolute atomic E-state index is 0.553. The van der Waals surface area contributed by atoms with Crippen LogP contribution >= 0.6 is 0 Å². The maximum atomic E-state index is 10.8. The van der Waals surface area contributed by atoms with Crippen molar-refractivity contribution in [2.45, 2.75) is 13.0 Å². The summed E-state index contributed by atoms with van der Waals surface area (Å²) in [6, 6.07) is 15.2. The molecule has 2 aromatic rings. The summed E-state index contributed by atoms with van der Waals surface area (Å²) >= 11 is 0. The summed E-state index contributed by atoms with van der Waals surface area (Å²) in [6.45, 7) is 1.13. The molecule has 0 aliphatic carbocycles. The first-order chi connectivity index (χ1) is 9.83. The lowest BCUT2D eigenvalue weighted by atomic mass is 10.1. The van der Waals surface area contributed by atoms with Crippen molar-refractivity contribution in [1.82, 2.24) is 0 Å². The number of ether oxygens (including phenoxy) is 2. The van der Waals surface area contributed by atoms with Crippen molar-refractivity contribution in [2.75, 3.05) is 13.7 Å². The van der Waals surface area contributed by atoms with Gasteiger partial charge in [-0.25, -0.2) is 0 Å². The number of hydrogen-bond donors (Lipinski definition) is 0. The lowest BCUT2D eigenvalue weighted by Crippen LogP contribution is -2.01. The Hall–Kier alpha value is -2.13. The third kappa shape index (κ3) is 3.93. The highest BCUT2D eigenvalue weighted by atomic mass is 16.5. The average Bonchev–Trinajstić information content (AvgIpc) is 2.52. The van der Waals surface area contributed by atoms with Crippen LogP contribution in [0.15, 0.2) is 48.5 Å². The highest BCUT2D eigenvalue weighted by Gasteiger charge is 2.01. The molecular formula is C17H17O3. The van der Waals surface area contributed by atoms with Crippen LogP contribution in [0.25, 0.3) is 0 Å². The highest BCUT2D eigenvalue weighted by Crippen LogP contribution is 2.12. The van der Waals surface area contributed by atoms with E-state index in [1.807, 2.05) is 48.8 Å². The monoisotopic (exact) mass is 269 g/mol. The fourth-order valence-electron chi connectivity index (χ4n) is 1.93. The molecule has 0 atom stereocenters. The van der Waals surface area contributed by atoms with Gasteiger partial charge in [0.2, 0.25) is 6.29 Å². The molecule has 0 unspecified atom stereocenters. The third-order valence-corrected chi connectivity index (χ3v) is 3.07. The first-order valence-electron chi connectivity index (χ1n) is 6.50. The van der Waals surface area contributed by atoms with Crippen molar-refractivity contribution < 1.29 is 14.3 Å². The first kappa shape index (κ1) is 14.3. The maximum Gasteiger partial charge on any atom is 0.233 e. The summed E-state index contributed by atoms with van der Waals surface area (Å²) in [6.07, 6.45) is 2.66. The predicted octanol–water partition coefficient (Wildman–Crippen LogP) is 2.91. The minimum Gasteiger partial charge on any atom is -0.497 e. The predicted molar refractivity (Wildman–Crippen MR) is 77.6 cm³/mol. The normalized spacial score (nSPS) is 10.2. The number of methoxy groups -OCH3 is 1. The van der Waals surface area contributed by atoms with E-state index in [-0.39, 0.29) is 0 Å². The van der Waals surface area contributed by atoms with Crippen molar-refractivity contribution in [2.24, 2.45) is 0 Å². The van der Waals surface area contributed by atoms with Gasteiger partial charge in [0, 0.05) is 5.56 Å². The second-order valence-electron chi connectivity index (χ2n) is 4.41. The summed E-state index contributed by atoms with van der Waals surface area (Å²) in [5.74, 6) is 0.837. The number of rotatable bonds is 7. The van der Waals surface area contributed by atoms with E-state index in [9.17, 15) is 4.79 Å². The van der Waals surface area contributed by atoms with Gasteiger partial charge >= 0.3 is 0 Å². The molecule has 0 aliphatic heterocycles. The summed E-state index contributed by atoms with van der Waals surface area (Å²) in [5, 5.41) is 0. The molecule has 103 valence electrons. The van der Waals surface area contributed by atoms with Crippen LogP contribution in [0.4, 0.5) is 0 Å². The van der Waals surface area contributed by atoms with E-state index in [0.29, 0.717) is 25.2 Å². The van der Waals surface area contributed by atoms with Gasteiger partial charge in [-0.05, 0) is 29.7 Å². The Balaban J connectivity index is 1.79. The summed E-state index contributed by atoms with van der Waals surface area (Å²) in [5.41, 5.74) is 2.68. The molecular weight excluding hydrogens is 252 g/mol. The van der Waals surface area contributed by atoms with E-state index in [4.69, 9.17) is 9.47 Å². The van der Waals surface area contributed by atoms with E-state index in [1.165, 1.54) is 0 Å². The topological polar surface area (TPSA) is 35.5 Å². The van der Waals surface area contributed by atoms with Crippen molar-refractivity contribution in [3.05, 3.63) is 65.2 Å². The van der Waals surface area contributed by atoms with Gasteiger partial charge in [-0.1, -0.05) is 36.4 Å². The quantitative estimate of drug-likeness (QED) is 0.725. The van der Waals surface area contributed by atoms with Gasteiger partial charge in [0.25, 0.3) is 0 Å². The highest BCUT2D eigenvalue weighted by molar-refractivity contribution is 5.77. The zero-order valence-corrected chi connectivity index (χ0v) is 11.5. The van der Waals surface area contributed by atoms with Crippen molar-refractivity contribution in [3.63, 3.8) is 0 Å². The summed E-state index contributed by atoms with van der Waals surface area (Å²) in [7, 11) is 1.65. The molecule has 20 heavy (non-hydrogen) atoms. The number of carbonyl (C=O) groups excluding carboxylic acids is 1. The minimum atomic E-state index is 0.553. The van der Waals surface area contributed by atoms with Crippen LogP contribution in [0.5, 0.6) is 5.75 Å². The zero-order valence-electron chi connectivity index (χ0n) is 11.5. The van der Waals surface area contributed by atoms with Crippen LogP contribution in [-0.2, 0) is 22.6 Å². The Morgan fingerprint density at radius 1 is 1.05 bits per heavy atom. The second-order valence-corrected chi connectivity index (χ2v) is 4.41. The van der Waals surface area contributed by atoms with Gasteiger partial charge in [-0.2, -0.15) is 0 Å². The van der Waals surface area contributed by atoms with E-state index in [1.54, 1.807) is 13.2 Å². The van der Waals surface area contributed by atoms with Crippen molar-refractivity contribution >= 4 is 6.29 Å². The molecule has 0 bridgehead atoms. The van der Waals surface area contributed by atoms with Gasteiger partial charge in [0.05, 0.1) is 20.3 Å². The van der Waals surface area contributed by atoms with Gasteiger partial charge in [-0.3, -0.25) is 4.79 Å². The SMILES string of the molecule is COc1ccc(COCCc2ccccc2[C]=O)cc1. The van der Waals surface area contributed by atoms with Crippen LogP contribution in [-0.4, -0.2) is 20.0 Å². The van der Waals surface area contributed by atoms with Crippen molar-refractivity contribution in [3.8, 4) is 5.75 Å². The van der Waals surface area contributed by atoms with E-state index < -0.39 is 0 Å². The third-order valence-electron chi connectivity index (χ3n) is 3.07. The second kappa shape index (κ2) is 7.46. The van der Waals surface area contributed by atoms with Crippen LogP contribution < -0.4 is 4.74 Å². The van der Waals surface area contributed by atoms with Gasteiger partial charge in [0.1, 0.15) is 5.75 Å². The standard InChI is InChI=1S/C17H17O3/c1-19-17-8-6-14(7-9-17)13-20-11-10-15-4-2-3-5-16(15)12-18/h2-9H,10-11,13H2,1H3. The van der Waals surface area contributed by atoms with Crippen LogP contribution in [0.1, 0.15) is 16.7 Å². The smallest absolute Gasteiger partial charge is 0.233 e. The molecule has 0 heterocycles. The van der Waals surface area contributed by atoms with Crippen LogP contribution in [0, 0.1) is 0 Å². The fraction of sp³-hybridized carbons (Fsp3) is 0.235. The molecule has 0 saturated carbocycles. The van der Waals surface area contributed by atoms with Crippen molar-refractivity contribution in [1.29, 1.82) is 0 Å². The number of benzene rings is 2. The van der Waals surface area contributed by atoms with Gasteiger partial charge < -0.3 is 9.47 Å². The van der Waals surface area contributed by atoms with Crippen LogP contribution in [0.3, 0.4) is 0 Å². The molecule has 0 N–H and O–H groups in total. The van der Waals surface area contributed by atoms with E-state index in [0.717, 1.165) is 16.9 Å². The van der Waals surface area contributed by atoms with Gasteiger partial charge in [0.15, 0.2) is 0 Å². The van der Waals surface area contributed by atoms with E-state index in [2.05, 4.69) is 0 Å². The summed E-state index contributed by atoms with van der Waals surface area (Å²) < 4.78 is 10.7. The molecule has 0 amide bonds. The fourth-order valence-corrected chi connectivity index (χ4v) is 1.93. The van der Waals surface area contributed by atoms with E-state index >= 15 is 0 Å². The lowest BCUT2D eigenvalue weighted by molar-refractivity contribution is 0.124. The molecule has 1 radical (unpaired) electrons. The zero-order chi connectivity index (χ0) is 14.2. The Labute approximate surface area is 119 Å². The molecule has 0 aromatic heterocycles. The first-order valence-corrected chi connectivity index (χ1v) is 6.50. The molecule has 0 saturated heterocycles.